The highest BCUT2D eigenvalue weighted by molar-refractivity contribution is 8.18. The van der Waals surface area contributed by atoms with Gasteiger partial charge in [0, 0.05) is 28.4 Å². The topological polar surface area (TPSA) is 80.2 Å². The Bertz CT molecular complexity index is 1090. The number of carbonyl (C=O) groups excluding carboxylic acids is 3. The Kier molecular flexibility index (Phi) is 4.52. The first-order chi connectivity index (χ1) is 13.1. The van der Waals surface area contributed by atoms with E-state index >= 15 is 0 Å². The zero-order chi connectivity index (χ0) is 18.8. The van der Waals surface area contributed by atoms with E-state index in [1.54, 1.807) is 6.08 Å². The summed E-state index contributed by atoms with van der Waals surface area (Å²) >= 11 is 0.875. The van der Waals surface area contributed by atoms with Gasteiger partial charge in [0.1, 0.15) is 6.54 Å². The Morgan fingerprint density at radius 1 is 1.07 bits per heavy atom. The van der Waals surface area contributed by atoms with E-state index in [2.05, 4.69) is 10.6 Å². The van der Waals surface area contributed by atoms with Crippen LogP contribution in [0, 0.1) is 0 Å². The van der Waals surface area contributed by atoms with E-state index in [4.69, 9.17) is 0 Å². The van der Waals surface area contributed by atoms with Crippen LogP contribution in [0.2, 0.25) is 0 Å². The Morgan fingerprint density at radius 3 is 2.56 bits per heavy atom. The second-order valence-corrected chi connectivity index (χ2v) is 7.01. The van der Waals surface area contributed by atoms with Crippen molar-refractivity contribution in [3.8, 4) is 0 Å². The third-order valence-electron chi connectivity index (χ3n) is 4.12. The molecule has 7 heteroatoms. The van der Waals surface area contributed by atoms with Crippen LogP contribution in [0.25, 0.3) is 17.0 Å². The van der Waals surface area contributed by atoms with Crippen LogP contribution in [-0.2, 0) is 16.1 Å². The standard InChI is InChI=1S/C20H15N3O3S/c24-18(21-14-6-2-1-3-7-14)12-23-11-13(15-8-4-5-9-16(15)23)10-17-19(25)22-20(26)27-17/h1-11H,12H2,(H,21,24)(H,22,25,26)/b17-10+. The number of thioether (sulfide) groups is 1. The third kappa shape index (κ3) is 3.63. The average Bonchev–Trinajstić information content (AvgIpc) is 3.16. The first kappa shape index (κ1) is 17.1. The molecule has 134 valence electrons. The van der Waals surface area contributed by atoms with Gasteiger partial charge in [0.05, 0.1) is 4.91 Å². The number of carbonyl (C=O) groups is 3. The molecule has 0 saturated carbocycles. The van der Waals surface area contributed by atoms with Crippen LogP contribution in [0.1, 0.15) is 5.56 Å². The lowest BCUT2D eigenvalue weighted by Gasteiger charge is -2.07. The summed E-state index contributed by atoms with van der Waals surface area (Å²) in [5.74, 6) is -0.548. The molecule has 2 aromatic carbocycles. The summed E-state index contributed by atoms with van der Waals surface area (Å²) in [6.45, 7) is 0.136. The molecule has 3 amide bonds. The highest BCUT2D eigenvalue weighted by atomic mass is 32.2. The van der Waals surface area contributed by atoms with Crippen LogP contribution in [0.5, 0.6) is 0 Å². The molecule has 0 spiro atoms. The Labute approximate surface area is 159 Å². The normalized spacial score (nSPS) is 15.3. The van der Waals surface area contributed by atoms with Gasteiger partial charge in [-0.25, -0.2) is 0 Å². The van der Waals surface area contributed by atoms with Crippen LogP contribution in [0.3, 0.4) is 0 Å². The third-order valence-corrected chi connectivity index (χ3v) is 4.93. The molecule has 1 saturated heterocycles. The maximum Gasteiger partial charge on any atom is 0.290 e. The van der Waals surface area contributed by atoms with Gasteiger partial charge in [-0.15, -0.1) is 0 Å². The van der Waals surface area contributed by atoms with Gasteiger partial charge in [0.15, 0.2) is 0 Å². The molecule has 1 aromatic heterocycles. The van der Waals surface area contributed by atoms with Gasteiger partial charge >= 0.3 is 0 Å². The molecule has 0 radical (unpaired) electrons. The van der Waals surface area contributed by atoms with Crippen molar-refractivity contribution < 1.29 is 14.4 Å². The quantitative estimate of drug-likeness (QED) is 0.681. The predicted octanol–water partition coefficient (Wildman–Crippen LogP) is 3.60. The molecule has 0 unspecified atom stereocenters. The molecule has 27 heavy (non-hydrogen) atoms. The minimum Gasteiger partial charge on any atom is -0.337 e. The van der Waals surface area contributed by atoms with Gasteiger partial charge in [-0.05, 0) is 36.0 Å². The Balaban J connectivity index is 1.64. The van der Waals surface area contributed by atoms with E-state index in [1.807, 2.05) is 65.4 Å². The number of imide groups is 1. The fourth-order valence-corrected chi connectivity index (χ4v) is 3.63. The molecule has 4 rings (SSSR count). The van der Waals surface area contributed by atoms with Crippen LogP contribution < -0.4 is 10.6 Å². The zero-order valence-corrected chi connectivity index (χ0v) is 15.0. The highest BCUT2D eigenvalue weighted by Crippen LogP contribution is 2.29. The molecular weight excluding hydrogens is 362 g/mol. The lowest BCUT2D eigenvalue weighted by molar-refractivity contribution is -0.117. The van der Waals surface area contributed by atoms with Crippen LogP contribution in [0.15, 0.2) is 65.7 Å². The van der Waals surface area contributed by atoms with Gasteiger partial charge in [0.2, 0.25) is 5.91 Å². The SMILES string of the molecule is O=C(Cn1cc(/C=C2/SC(=O)NC2=O)c2ccccc21)Nc1ccccc1. The van der Waals surface area contributed by atoms with E-state index in [0.717, 1.165) is 33.9 Å². The van der Waals surface area contributed by atoms with Crippen molar-refractivity contribution in [2.45, 2.75) is 6.54 Å². The molecule has 2 heterocycles. The number of para-hydroxylation sites is 2. The van der Waals surface area contributed by atoms with Crippen molar-refractivity contribution in [1.82, 2.24) is 9.88 Å². The number of hydrogen-bond acceptors (Lipinski definition) is 4. The Morgan fingerprint density at radius 2 is 1.81 bits per heavy atom. The second-order valence-electron chi connectivity index (χ2n) is 6.00. The zero-order valence-electron chi connectivity index (χ0n) is 14.1. The number of nitrogens with zero attached hydrogens (tertiary/aromatic N) is 1. The summed E-state index contributed by atoms with van der Waals surface area (Å²) in [5, 5.41) is 5.64. The van der Waals surface area contributed by atoms with E-state index < -0.39 is 5.91 Å². The monoisotopic (exact) mass is 377 g/mol. The highest BCUT2D eigenvalue weighted by Gasteiger charge is 2.25. The van der Waals surface area contributed by atoms with Gasteiger partial charge in [0.25, 0.3) is 11.1 Å². The number of anilines is 1. The Hall–Kier alpha value is -3.32. The van der Waals surface area contributed by atoms with E-state index in [1.165, 1.54) is 0 Å². The van der Waals surface area contributed by atoms with Crippen LogP contribution >= 0.6 is 11.8 Å². The van der Waals surface area contributed by atoms with Crippen molar-refractivity contribution in [3.05, 3.63) is 71.3 Å². The van der Waals surface area contributed by atoms with Crippen LogP contribution in [0.4, 0.5) is 10.5 Å². The second kappa shape index (κ2) is 7.13. The number of amides is 3. The summed E-state index contributed by atoms with van der Waals surface area (Å²) in [6.07, 6.45) is 3.50. The number of hydrogen-bond donors (Lipinski definition) is 2. The maximum atomic E-state index is 12.4. The summed E-state index contributed by atoms with van der Waals surface area (Å²) in [4.78, 5) is 36.0. The molecule has 0 aliphatic carbocycles. The maximum absolute atomic E-state index is 12.4. The molecule has 2 N–H and O–H groups in total. The first-order valence-corrected chi connectivity index (χ1v) is 9.09. The number of fused-ring (bicyclic) bond motifs is 1. The molecule has 1 aliphatic rings. The first-order valence-electron chi connectivity index (χ1n) is 8.28. The predicted molar refractivity (Wildman–Crippen MR) is 106 cm³/mol. The molecule has 0 bridgehead atoms. The summed E-state index contributed by atoms with van der Waals surface area (Å²) in [7, 11) is 0. The van der Waals surface area contributed by atoms with Crippen molar-refractivity contribution in [2.24, 2.45) is 0 Å². The summed E-state index contributed by atoms with van der Waals surface area (Å²) in [5.41, 5.74) is 2.39. The van der Waals surface area contributed by atoms with Gasteiger partial charge in [-0.2, -0.15) is 0 Å². The molecule has 3 aromatic rings. The minimum atomic E-state index is -0.399. The lowest BCUT2D eigenvalue weighted by Crippen LogP contribution is -2.18. The molecule has 6 nitrogen and oxygen atoms in total. The molecule has 1 fully saturated rings. The number of rotatable bonds is 4. The summed E-state index contributed by atoms with van der Waals surface area (Å²) in [6, 6.07) is 16.9. The van der Waals surface area contributed by atoms with E-state index in [-0.39, 0.29) is 17.7 Å². The fourth-order valence-electron chi connectivity index (χ4n) is 2.96. The molecular formula is C20H15N3O3S. The molecule has 1 aliphatic heterocycles. The van der Waals surface area contributed by atoms with Gasteiger partial charge in [-0.1, -0.05) is 36.4 Å². The fraction of sp³-hybridized carbons (Fsp3) is 0.0500. The van der Waals surface area contributed by atoms with Crippen molar-refractivity contribution in [3.63, 3.8) is 0 Å². The lowest BCUT2D eigenvalue weighted by atomic mass is 10.1. The molecule has 0 atom stereocenters. The minimum absolute atomic E-state index is 0.136. The van der Waals surface area contributed by atoms with Crippen molar-refractivity contribution in [1.29, 1.82) is 0 Å². The van der Waals surface area contributed by atoms with E-state index in [0.29, 0.717) is 4.91 Å². The largest absolute Gasteiger partial charge is 0.337 e. The number of aromatic nitrogens is 1. The van der Waals surface area contributed by atoms with E-state index in [9.17, 15) is 14.4 Å². The number of nitrogens with one attached hydrogen (secondary N) is 2. The van der Waals surface area contributed by atoms with Crippen molar-refractivity contribution >= 4 is 51.5 Å². The van der Waals surface area contributed by atoms with Crippen molar-refractivity contribution in [2.75, 3.05) is 5.32 Å². The number of benzene rings is 2. The van der Waals surface area contributed by atoms with Gasteiger partial charge in [-0.3, -0.25) is 19.7 Å². The van der Waals surface area contributed by atoms with Crippen LogP contribution in [-0.4, -0.2) is 21.6 Å². The summed E-state index contributed by atoms with van der Waals surface area (Å²) < 4.78 is 1.83. The smallest absolute Gasteiger partial charge is 0.290 e. The van der Waals surface area contributed by atoms with Gasteiger partial charge < -0.3 is 9.88 Å². The average molecular weight is 377 g/mol.